The number of halogens is 2. The summed E-state index contributed by atoms with van der Waals surface area (Å²) in [6.07, 6.45) is 22.3. The number of nitrogens with one attached hydrogen (secondary N) is 1. The van der Waals surface area contributed by atoms with Crippen molar-refractivity contribution >= 4 is 97.3 Å². The van der Waals surface area contributed by atoms with Crippen LogP contribution in [0.25, 0.3) is 76.8 Å². The third-order valence-corrected chi connectivity index (χ3v) is 10.1. The predicted molar refractivity (Wildman–Crippen MR) is 220 cm³/mol. The van der Waals surface area contributed by atoms with E-state index in [1.54, 1.807) is 12.4 Å². The second-order valence-corrected chi connectivity index (χ2v) is 14.0. The number of pyridine rings is 6. The molecule has 0 bridgehead atoms. The van der Waals surface area contributed by atoms with E-state index in [4.69, 9.17) is 0 Å². The molecule has 11 aromatic rings. The Kier molecular flexibility index (Phi) is 8.62. The normalized spacial score (nSPS) is 11.2. The van der Waals surface area contributed by atoms with Crippen LogP contribution in [0.3, 0.4) is 0 Å². The highest BCUT2D eigenvalue weighted by molar-refractivity contribution is 9.11. The van der Waals surface area contributed by atoms with Gasteiger partial charge in [-0.3, -0.25) is 29.9 Å². The van der Waals surface area contributed by atoms with Gasteiger partial charge in [0, 0.05) is 138 Å². The number of rotatable bonds is 2. The average Bonchev–Trinajstić information content (AvgIpc) is 3.86. The van der Waals surface area contributed by atoms with Crippen LogP contribution in [0.5, 0.6) is 0 Å². The first-order chi connectivity index (χ1) is 26.1. The molecule has 0 atom stereocenters. The Morgan fingerprint density at radius 2 is 0.717 bits per heavy atom. The lowest BCUT2D eigenvalue weighted by molar-refractivity contribution is 1.13. The number of aromatic nitrogens is 9. The summed E-state index contributed by atoms with van der Waals surface area (Å²) in [5.41, 5.74) is 8.81. The number of benzene rings is 2. The van der Waals surface area contributed by atoms with Gasteiger partial charge in [0.25, 0.3) is 0 Å². The van der Waals surface area contributed by atoms with Crippen molar-refractivity contribution in [1.29, 1.82) is 0 Å². The van der Waals surface area contributed by atoms with Crippen LogP contribution < -0.4 is 0 Å². The van der Waals surface area contributed by atoms with Crippen LogP contribution in [-0.4, -0.2) is 44.0 Å². The summed E-state index contributed by atoms with van der Waals surface area (Å²) in [6.45, 7) is 0. The van der Waals surface area contributed by atoms with Crippen molar-refractivity contribution in [1.82, 2.24) is 44.0 Å². The highest BCUT2D eigenvalue weighted by atomic mass is 79.9. The van der Waals surface area contributed by atoms with Gasteiger partial charge in [0.05, 0.1) is 22.1 Å². The van der Waals surface area contributed by atoms with E-state index in [1.807, 2.05) is 98.4 Å². The fourth-order valence-corrected chi connectivity index (χ4v) is 7.89. The molecule has 53 heavy (non-hydrogen) atoms. The number of hydrogen-bond donors (Lipinski definition) is 1. The molecule has 0 spiro atoms. The summed E-state index contributed by atoms with van der Waals surface area (Å²) in [6, 6.07) is 28.7. The minimum absolute atomic E-state index is 1.08. The molecular weight excluding hydrogens is 790 g/mol. The Morgan fingerprint density at radius 3 is 1.08 bits per heavy atom. The van der Waals surface area contributed by atoms with Gasteiger partial charge in [0.1, 0.15) is 0 Å². The van der Waals surface area contributed by atoms with Crippen LogP contribution in [0, 0.1) is 0 Å². The zero-order valence-corrected chi connectivity index (χ0v) is 31.0. The molecule has 9 aromatic heterocycles. The number of aromatic amines is 1. The van der Waals surface area contributed by atoms with E-state index in [-0.39, 0.29) is 0 Å². The first-order valence-electron chi connectivity index (χ1n) is 16.7. The average molecular weight is 818 g/mol. The van der Waals surface area contributed by atoms with Gasteiger partial charge in [-0.15, -0.1) is 0 Å². The Hall–Kier alpha value is -6.30. The maximum Gasteiger partial charge on any atom is 0.0572 e. The lowest BCUT2D eigenvalue weighted by Crippen LogP contribution is -1.98. The largest absolute Gasteiger partial charge is 0.354 e. The summed E-state index contributed by atoms with van der Waals surface area (Å²) >= 11 is 6.66. The molecule has 0 saturated carbocycles. The molecule has 0 aliphatic rings. The molecule has 9 nitrogen and oxygen atoms in total. The quantitative estimate of drug-likeness (QED) is 0.186. The van der Waals surface area contributed by atoms with Crippen LogP contribution >= 0.6 is 31.9 Å². The van der Waals surface area contributed by atoms with Crippen molar-refractivity contribution in [3.63, 3.8) is 0 Å². The van der Waals surface area contributed by atoms with Gasteiger partial charge in [-0.05, 0) is 72.8 Å². The van der Waals surface area contributed by atoms with Crippen LogP contribution in [0.15, 0.2) is 168 Å². The van der Waals surface area contributed by atoms with Crippen molar-refractivity contribution < 1.29 is 0 Å². The van der Waals surface area contributed by atoms with Crippen molar-refractivity contribution in [2.45, 2.75) is 0 Å². The molecule has 0 amide bonds. The molecule has 0 radical (unpaired) electrons. The maximum absolute atomic E-state index is 4.34. The number of nitrogens with zero attached hydrogens (tertiary/aromatic N) is 8. The van der Waals surface area contributed by atoms with Crippen LogP contribution in [0.2, 0.25) is 0 Å². The van der Waals surface area contributed by atoms with E-state index < -0.39 is 0 Å². The molecule has 2 aromatic carbocycles. The van der Waals surface area contributed by atoms with Gasteiger partial charge in [-0.25, -0.2) is 0 Å². The van der Waals surface area contributed by atoms with Crippen molar-refractivity contribution in [3.05, 3.63) is 168 Å². The molecule has 0 aliphatic heterocycles. The lowest BCUT2D eigenvalue weighted by atomic mass is 10.2. The van der Waals surface area contributed by atoms with Crippen LogP contribution in [-0.2, 0) is 0 Å². The van der Waals surface area contributed by atoms with Crippen LogP contribution in [0.4, 0.5) is 0 Å². The standard InChI is InChI=1S/C26H16N6.C10H7N3.C6H4Br2/c1-2-17(31-23-4-8-27-13-19(23)20-14-28-9-5-24(20)31)12-18(3-1)32-25-6-10-29-15-21(25)22-16-30-11-7-26(22)32;1-3-11-5-7-8-6-12-4-2-10(8)13-9(1)7;7-5-2-1-3-6(8)4-5/h1-16H;1-6,13H;1-4H. The Labute approximate surface area is 319 Å². The third kappa shape index (κ3) is 6.09. The molecule has 1 N–H and O–H groups in total. The van der Waals surface area contributed by atoms with Gasteiger partial charge < -0.3 is 14.1 Å². The molecule has 0 aliphatic carbocycles. The fourth-order valence-electron chi connectivity index (χ4n) is 6.79. The van der Waals surface area contributed by atoms with Crippen molar-refractivity contribution in [3.8, 4) is 11.4 Å². The summed E-state index contributed by atoms with van der Waals surface area (Å²) in [5, 5.41) is 6.63. The topological polar surface area (TPSA) is 103 Å². The fraction of sp³-hybridized carbons (Fsp3) is 0. The monoisotopic (exact) mass is 815 g/mol. The summed E-state index contributed by atoms with van der Waals surface area (Å²) in [5.74, 6) is 0. The zero-order valence-electron chi connectivity index (χ0n) is 27.8. The van der Waals surface area contributed by atoms with E-state index in [9.17, 15) is 0 Å². The molecular formula is C42H27Br2N9. The van der Waals surface area contributed by atoms with Gasteiger partial charge in [-0.1, -0.05) is 44.0 Å². The Balaban J connectivity index is 0.000000144. The van der Waals surface area contributed by atoms with Crippen LogP contribution in [0.1, 0.15) is 0 Å². The molecule has 9 heterocycles. The lowest BCUT2D eigenvalue weighted by Gasteiger charge is -2.12. The van der Waals surface area contributed by atoms with E-state index in [2.05, 4.69) is 124 Å². The molecule has 254 valence electrons. The highest BCUT2D eigenvalue weighted by Gasteiger charge is 2.15. The smallest absolute Gasteiger partial charge is 0.0572 e. The molecule has 0 fully saturated rings. The van der Waals surface area contributed by atoms with Gasteiger partial charge in [0.2, 0.25) is 0 Å². The van der Waals surface area contributed by atoms with E-state index in [0.29, 0.717) is 0 Å². The molecule has 0 unspecified atom stereocenters. The van der Waals surface area contributed by atoms with Gasteiger partial charge in [-0.2, -0.15) is 0 Å². The van der Waals surface area contributed by atoms with Crippen molar-refractivity contribution in [2.75, 3.05) is 0 Å². The van der Waals surface area contributed by atoms with E-state index in [0.717, 1.165) is 85.7 Å². The minimum Gasteiger partial charge on any atom is -0.354 e. The zero-order chi connectivity index (χ0) is 35.7. The maximum atomic E-state index is 4.34. The molecule has 11 rings (SSSR count). The first-order valence-corrected chi connectivity index (χ1v) is 18.3. The predicted octanol–water partition coefficient (Wildman–Crippen LogP) is 10.8. The number of hydrogen-bond acceptors (Lipinski definition) is 6. The minimum atomic E-state index is 1.08. The Morgan fingerprint density at radius 1 is 0.377 bits per heavy atom. The van der Waals surface area contributed by atoms with Crippen molar-refractivity contribution in [2.24, 2.45) is 0 Å². The third-order valence-electron chi connectivity index (χ3n) is 9.07. The van der Waals surface area contributed by atoms with E-state index in [1.165, 1.54) is 0 Å². The number of fused-ring (bicyclic) bond motifs is 9. The summed E-state index contributed by atoms with van der Waals surface area (Å²) in [4.78, 5) is 28.8. The molecule has 11 heteroatoms. The second kappa shape index (κ2) is 14.0. The highest BCUT2D eigenvalue weighted by Crippen LogP contribution is 2.34. The van der Waals surface area contributed by atoms with Gasteiger partial charge >= 0.3 is 0 Å². The first kappa shape index (κ1) is 32.6. The number of H-pyrrole nitrogens is 1. The van der Waals surface area contributed by atoms with Gasteiger partial charge in [0.15, 0.2) is 0 Å². The molecule has 0 saturated heterocycles. The summed E-state index contributed by atoms with van der Waals surface area (Å²) < 4.78 is 6.75. The Bertz CT molecular complexity index is 2770. The van der Waals surface area contributed by atoms with E-state index >= 15 is 0 Å². The second-order valence-electron chi connectivity index (χ2n) is 12.2. The summed E-state index contributed by atoms with van der Waals surface area (Å²) in [7, 11) is 0. The SMILES string of the molecule is Brc1cccc(Br)c1.c1cc(-n2c3ccncc3c3cnccc32)cc(-n2c3ccncc3c3cnccc32)c1.c1cc2[nH]c3ccncc3c2cn1.